The summed E-state index contributed by atoms with van der Waals surface area (Å²) in [7, 11) is 1.58. The van der Waals surface area contributed by atoms with E-state index in [1.54, 1.807) is 45.2 Å². The highest BCUT2D eigenvalue weighted by atomic mass is 16.5. The molecule has 0 aliphatic carbocycles. The van der Waals surface area contributed by atoms with Crippen LogP contribution < -0.4 is 14.8 Å². The van der Waals surface area contributed by atoms with Gasteiger partial charge in [-0.15, -0.1) is 0 Å². The van der Waals surface area contributed by atoms with Gasteiger partial charge in [0.25, 0.3) is 0 Å². The molecule has 0 spiro atoms. The Bertz CT molecular complexity index is 481. The summed E-state index contributed by atoms with van der Waals surface area (Å²) in [6.45, 7) is 3.43. The van der Waals surface area contributed by atoms with E-state index < -0.39 is 11.4 Å². The number of carboxylic acid groups (broad SMARTS) is 1. The first kappa shape index (κ1) is 16.8. The monoisotopic (exact) mass is 295 g/mol. The quantitative estimate of drug-likeness (QED) is 0.762. The Balaban J connectivity index is 2.28. The summed E-state index contributed by atoms with van der Waals surface area (Å²) in [6.07, 6.45) is 0.168. The number of aliphatic carboxylic acids is 1. The highest BCUT2D eigenvalue weighted by Gasteiger charge is 2.27. The fourth-order valence-corrected chi connectivity index (χ4v) is 1.42. The van der Waals surface area contributed by atoms with Crippen molar-refractivity contribution in [3.8, 4) is 11.5 Å². The second-order valence-electron chi connectivity index (χ2n) is 5.24. The molecule has 0 unspecified atom stereocenters. The van der Waals surface area contributed by atoms with Crippen LogP contribution in [0.15, 0.2) is 24.3 Å². The van der Waals surface area contributed by atoms with Crippen molar-refractivity contribution in [3.63, 3.8) is 0 Å². The Morgan fingerprint density at radius 1 is 1.19 bits per heavy atom. The van der Waals surface area contributed by atoms with E-state index >= 15 is 0 Å². The van der Waals surface area contributed by atoms with E-state index in [1.165, 1.54) is 0 Å². The molecule has 0 aliphatic rings. The van der Waals surface area contributed by atoms with Gasteiger partial charge < -0.3 is 19.9 Å². The van der Waals surface area contributed by atoms with Crippen molar-refractivity contribution in [2.75, 3.05) is 20.3 Å². The first-order chi connectivity index (χ1) is 9.85. The van der Waals surface area contributed by atoms with Crippen LogP contribution in [0.5, 0.6) is 11.5 Å². The zero-order chi connectivity index (χ0) is 15.9. The smallest absolute Gasteiger partial charge is 0.310 e. The summed E-state index contributed by atoms with van der Waals surface area (Å²) in [5.74, 6) is 0.195. The number of carbonyl (C=O) groups is 2. The van der Waals surface area contributed by atoms with Gasteiger partial charge in [0.05, 0.1) is 25.6 Å². The molecule has 0 fully saturated rings. The fraction of sp³-hybridized carbons (Fsp3) is 0.467. The van der Waals surface area contributed by atoms with Gasteiger partial charge in [-0.05, 0) is 38.1 Å². The van der Waals surface area contributed by atoms with E-state index in [0.29, 0.717) is 5.75 Å². The molecule has 0 heterocycles. The molecular weight excluding hydrogens is 274 g/mol. The molecule has 0 radical (unpaired) electrons. The molecule has 0 bridgehead atoms. The molecule has 1 aromatic carbocycles. The third kappa shape index (κ3) is 5.72. The van der Waals surface area contributed by atoms with Crippen LogP contribution in [-0.2, 0) is 9.59 Å². The second kappa shape index (κ2) is 7.52. The number of carboxylic acids is 1. The maximum Gasteiger partial charge on any atom is 0.310 e. The normalized spacial score (nSPS) is 10.8. The molecule has 0 saturated carbocycles. The molecule has 1 aromatic rings. The number of nitrogens with one attached hydrogen (secondary N) is 1. The molecule has 1 rings (SSSR count). The number of methoxy groups -OCH3 is 1. The van der Waals surface area contributed by atoms with E-state index in [4.69, 9.17) is 14.6 Å². The average molecular weight is 295 g/mol. The Morgan fingerprint density at radius 2 is 1.76 bits per heavy atom. The number of rotatable bonds is 8. The van der Waals surface area contributed by atoms with Crippen LogP contribution in [0.1, 0.15) is 20.3 Å². The van der Waals surface area contributed by atoms with Crippen LogP contribution in [0.4, 0.5) is 0 Å². The van der Waals surface area contributed by atoms with Gasteiger partial charge in [-0.1, -0.05) is 0 Å². The molecule has 116 valence electrons. The summed E-state index contributed by atoms with van der Waals surface area (Å²) in [6, 6.07) is 7.05. The Kier molecular flexibility index (Phi) is 6.02. The van der Waals surface area contributed by atoms with Crippen LogP contribution >= 0.6 is 0 Å². The first-order valence-electron chi connectivity index (χ1n) is 6.62. The minimum atomic E-state index is -0.980. The van der Waals surface area contributed by atoms with Crippen molar-refractivity contribution in [1.29, 1.82) is 0 Å². The van der Waals surface area contributed by atoms with Crippen molar-refractivity contribution in [2.45, 2.75) is 20.3 Å². The van der Waals surface area contributed by atoms with Gasteiger partial charge in [0.2, 0.25) is 5.91 Å². The number of ether oxygens (including phenoxy) is 2. The van der Waals surface area contributed by atoms with Crippen molar-refractivity contribution in [1.82, 2.24) is 5.32 Å². The minimum absolute atomic E-state index is 0.0870. The second-order valence-corrected chi connectivity index (χ2v) is 5.24. The van der Waals surface area contributed by atoms with Crippen LogP contribution in [0, 0.1) is 5.41 Å². The molecule has 0 atom stereocenters. The van der Waals surface area contributed by atoms with Gasteiger partial charge in [0, 0.05) is 6.54 Å². The van der Waals surface area contributed by atoms with E-state index in [0.717, 1.165) is 5.75 Å². The lowest BCUT2D eigenvalue weighted by atomic mass is 9.94. The fourth-order valence-electron chi connectivity index (χ4n) is 1.42. The number of hydrogen-bond acceptors (Lipinski definition) is 4. The Hall–Kier alpha value is -2.24. The highest BCUT2D eigenvalue weighted by Crippen LogP contribution is 2.17. The molecule has 1 amide bonds. The van der Waals surface area contributed by atoms with Crippen molar-refractivity contribution < 1.29 is 24.2 Å². The van der Waals surface area contributed by atoms with Gasteiger partial charge in [-0.3, -0.25) is 9.59 Å². The summed E-state index contributed by atoms with van der Waals surface area (Å²) < 4.78 is 10.5. The number of benzene rings is 1. The summed E-state index contributed by atoms with van der Waals surface area (Å²) in [5, 5.41) is 11.5. The van der Waals surface area contributed by atoms with Crippen LogP contribution in [-0.4, -0.2) is 37.2 Å². The van der Waals surface area contributed by atoms with E-state index in [9.17, 15) is 9.59 Å². The zero-order valence-electron chi connectivity index (χ0n) is 12.5. The SMILES string of the molecule is COc1ccc(OCCC(=O)NCC(C)(C)C(=O)O)cc1. The van der Waals surface area contributed by atoms with E-state index in [-0.39, 0.29) is 25.5 Å². The van der Waals surface area contributed by atoms with Gasteiger partial charge in [0.1, 0.15) is 11.5 Å². The van der Waals surface area contributed by atoms with Crippen LogP contribution in [0.2, 0.25) is 0 Å². The third-order valence-electron chi connectivity index (χ3n) is 2.96. The minimum Gasteiger partial charge on any atom is -0.497 e. The third-order valence-corrected chi connectivity index (χ3v) is 2.96. The van der Waals surface area contributed by atoms with Gasteiger partial charge >= 0.3 is 5.97 Å². The number of amides is 1. The maximum absolute atomic E-state index is 11.6. The molecule has 0 aliphatic heterocycles. The van der Waals surface area contributed by atoms with Gasteiger partial charge in [-0.25, -0.2) is 0 Å². The average Bonchev–Trinajstić information content (AvgIpc) is 2.46. The van der Waals surface area contributed by atoms with Gasteiger partial charge in [-0.2, -0.15) is 0 Å². The predicted octanol–water partition coefficient (Wildman–Crippen LogP) is 1.69. The topological polar surface area (TPSA) is 84.9 Å². The maximum atomic E-state index is 11.6. The van der Waals surface area contributed by atoms with E-state index in [1.807, 2.05) is 0 Å². The first-order valence-corrected chi connectivity index (χ1v) is 6.62. The molecular formula is C15H21NO5. The Labute approximate surface area is 124 Å². The summed E-state index contributed by atoms with van der Waals surface area (Å²) in [5.41, 5.74) is -0.980. The largest absolute Gasteiger partial charge is 0.497 e. The van der Waals surface area contributed by atoms with Crippen LogP contribution in [0.3, 0.4) is 0 Å². The Morgan fingerprint density at radius 3 is 2.29 bits per heavy atom. The molecule has 0 saturated heterocycles. The molecule has 2 N–H and O–H groups in total. The van der Waals surface area contributed by atoms with Gasteiger partial charge in [0.15, 0.2) is 0 Å². The molecule has 6 nitrogen and oxygen atoms in total. The van der Waals surface area contributed by atoms with Crippen molar-refractivity contribution in [3.05, 3.63) is 24.3 Å². The summed E-state index contributed by atoms with van der Waals surface area (Å²) >= 11 is 0. The molecule has 21 heavy (non-hydrogen) atoms. The predicted molar refractivity (Wildman–Crippen MR) is 77.5 cm³/mol. The molecule has 0 aromatic heterocycles. The van der Waals surface area contributed by atoms with Crippen LogP contribution in [0.25, 0.3) is 0 Å². The number of carbonyl (C=O) groups excluding carboxylic acids is 1. The zero-order valence-corrected chi connectivity index (χ0v) is 12.5. The lowest BCUT2D eigenvalue weighted by Gasteiger charge is -2.19. The highest BCUT2D eigenvalue weighted by molar-refractivity contribution is 5.78. The standard InChI is InChI=1S/C15H21NO5/c1-15(2,14(18)19)10-16-13(17)8-9-21-12-6-4-11(20-3)5-7-12/h4-7H,8-10H2,1-3H3,(H,16,17)(H,18,19). The number of hydrogen-bond donors (Lipinski definition) is 2. The molecule has 6 heteroatoms. The lowest BCUT2D eigenvalue weighted by Crippen LogP contribution is -2.39. The van der Waals surface area contributed by atoms with Crippen molar-refractivity contribution >= 4 is 11.9 Å². The van der Waals surface area contributed by atoms with Crippen molar-refractivity contribution in [2.24, 2.45) is 5.41 Å². The van der Waals surface area contributed by atoms with E-state index in [2.05, 4.69) is 5.32 Å². The summed E-state index contributed by atoms with van der Waals surface area (Å²) in [4.78, 5) is 22.5. The lowest BCUT2D eigenvalue weighted by molar-refractivity contribution is -0.146.